The summed E-state index contributed by atoms with van der Waals surface area (Å²) in [4.78, 5) is 0. The molecule has 0 radical (unpaired) electrons. The van der Waals surface area contributed by atoms with Crippen LogP contribution in [0.3, 0.4) is 0 Å². The fraction of sp³-hybridized carbons (Fsp3) is 0.600. The van der Waals surface area contributed by atoms with Gasteiger partial charge in [-0.1, -0.05) is 23.2 Å². The number of ether oxygens (including phenoxy) is 1. The molecule has 16 heavy (non-hydrogen) atoms. The van der Waals surface area contributed by atoms with Crippen molar-refractivity contribution in [2.24, 2.45) is 0 Å². The van der Waals surface area contributed by atoms with Crippen molar-refractivity contribution in [1.82, 2.24) is 10.4 Å². The summed E-state index contributed by atoms with van der Waals surface area (Å²) in [5.74, 6) is 0. The van der Waals surface area contributed by atoms with E-state index in [9.17, 15) is 0 Å². The van der Waals surface area contributed by atoms with E-state index in [1.165, 1.54) is 11.3 Å². The van der Waals surface area contributed by atoms with Crippen LogP contribution in [-0.4, -0.2) is 31.3 Å². The molecule has 1 aliphatic rings. The molecule has 6 heteroatoms. The van der Waals surface area contributed by atoms with Crippen LogP contribution in [0.5, 0.6) is 0 Å². The van der Waals surface area contributed by atoms with Crippen molar-refractivity contribution in [1.29, 1.82) is 0 Å². The SMILES string of the molecule is CC(NN1CCOCC1)c1cc(Cl)sc1Cl. The molecule has 1 atom stereocenters. The maximum Gasteiger partial charge on any atom is 0.0992 e. The first-order chi connectivity index (χ1) is 7.66. The van der Waals surface area contributed by atoms with Crippen LogP contribution in [0.15, 0.2) is 6.07 Å². The molecule has 1 aromatic rings. The first-order valence-electron chi connectivity index (χ1n) is 5.20. The van der Waals surface area contributed by atoms with E-state index >= 15 is 0 Å². The van der Waals surface area contributed by atoms with Gasteiger partial charge < -0.3 is 4.74 Å². The molecule has 0 bridgehead atoms. The van der Waals surface area contributed by atoms with Crippen molar-refractivity contribution in [2.45, 2.75) is 13.0 Å². The lowest BCUT2D eigenvalue weighted by molar-refractivity contribution is 0.00488. The van der Waals surface area contributed by atoms with E-state index in [0.717, 1.165) is 40.5 Å². The minimum atomic E-state index is 0.175. The number of hydrazine groups is 1. The molecule has 0 aliphatic carbocycles. The Kier molecular flexibility index (Phi) is 4.47. The van der Waals surface area contributed by atoms with Gasteiger partial charge in [0.15, 0.2) is 0 Å². The molecule has 1 N–H and O–H groups in total. The molecule has 1 unspecified atom stereocenters. The maximum absolute atomic E-state index is 6.11. The highest BCUT2D eigenvalue weighted by molar-refractivity contribution is 7.20. The minimum absolute atomic E-state index is 0.175. The predicted molar refractivity (Wildman–Crippen MR) is 68.3 cm³/mol. The molecule has 0 spiro atoms. The van der Waals surface area contributed by atoms with E-state index in [4.69, 9.17) is 27.9 Å². The standard InChI is InChI=1S/C10H14Cl2N2OS/c1-7(8-6-9(11)16-10(8)12)13-14-2-4-15-5-3-14/h6-7,13H,2-5H2,1H3. The Hall–Kier alpha value is 0.160. The van der Waals surface area contributed by atoms with Crippen molar-refractivity contribution in [3.63, 3.8) is 0 Å². The second-order valence-corrected chi connectivity index (χ2v) is 6.02. The number of thiophene rings is 1. The molecule has 1 aliphatic heterocycles. The third-order valence-electron chi connectivity index (χ3n) is 2.54. The highest BCUT2D eigenvalue weighted by Crippen LogP contribution is 2.34. The van der Waals surface area contributed by atoms with E-state index in [1.54, 1.807) is 0 Å². The second-order valence-electron chi connectivity index (χ2n) is 3.73. The zero-order valence-electron chi connectivity index (χ0n) is 9.00. The van der Waals surface area contributed by atoms with Gasteiger partial charge in [-0.15, -0.1) is 11.3 Å². The lowest BCUT2D eigenvalue weighted by Crippen LogP contribution is -2.46. The van der Waals surface area contributed by atoms with Crippen molar-refractivity contribution < 1.29 is 4.74 Å². The first kappa shape index (κ1) is 12.6. The minimum Gasteiger partial charge on any atom is -0.379 e. The van der Waals surface area contributed by atoms with Gasteiger partial charge in [0, 0.05) is 24.7 Å². The molecular formula is C10H14Cl2N2OS. The van der Waals surface area contributed by atoms with Crippen LogP contribution in [0, 0.1) is 0 Å². The highest BCUT2D eigenvalue weighted by atomic mass is 35.5. The van der Waals surface area contributed by atoms with Crippen LogP contribution in [0.2, 0.25) is 8.67 Å². The van der Waals surface area contributed by atoms with Crippen molar-refractivity contribution >= 4 is 34.5 Å². The fourth-order valence-corrected chi connectivity index (χ4v) is 3.33. The fourth-order valence-electron chi connectivity index (χ4n) is 1.68. The first-order valence-corrected chi connectivity index (χ1v) is 6.77. The summed E-state index contributed by atoms with van der Waals surface area (Å²) in [6.45, 7) is 5.44. The van der Waals surface area contributed by atoms with E-state index in [-0.39, 0.29) is 6.04 Å². The lowest BCUT2D eigenvalue weighted by Gasteiger charge is -2.30. The van der Waals surface area contributed by atoms with Crippen LogP contribution < -0.4 is 5.43 Å². The van der Waals surface area contributed by atoms with E-state index in [2.05, 4.69) is 17.4 Å². The number of nitrogens with one attached hydrogen (secondary N) is 1. The Balaban J connectivity index is 1.96. The van der Waals surface area contributed by atoms with Gasteiger partial charge in [-0.05, 0) is 13.0 Å². The Bertz CT molecular complexity index is 353. The molecule has 1 fully saturated rings. The number of rotatable bonds is 3. The molecule has 1 saturated heterocycles. The smallest absolute Gasteiger partial charge is 0.0992 e. The summed E-state index contributed by atoms with van der Waals surface area (Å²) in [7, 11) is 0. The van der Waals surface area contributed by atoms with Gasteiger partial charge in [0.2, 0.25) is 0 Å². The summed E-state index contributed by atoms with van der Waals surface area (Å²) in [6, 6.07) is 2.10. The number of halogens is 2. The Morgan fingerprint density at radius 2 is 2.12 bits per heavy atom. The van der Waals surface area contributed by atoms with Crippen LogP contribution in [0.1, 0.15) is 18.5 Å². The Labute approximate surface area is 109 Å². The molecule has 0 aromatic carbocycles. The van der Waals surface area contributed by atoms with Gasteiger partial charge in [0.05, 0.1) is 21.9 Å². The Morgan fingerprint density at radius 3 is 2.69 bits per heavy atom. The third-order valence-corrected chi connectivity index (χ3v) is 4.05. The molecule has 2 heterocycles. The van der Waals surface area contributed by atoms with Gasteiger partial charge in [0.1, 0.15) is 0 Å². The zero-order chi connectivity index (χ0) is 11.5. The number of morpholine rings is 1. The average Bonchev–Trinajstić information content (AvgIpc) is 2.59. The number of hydrogen-bond donors (Lipinski definition) is 1. The van der Waals surface area contributed by atoms with E-state index in [0.29, 0.717) is 0 Å². The van der Waals surface area contributed by atoms with Crippen molar-refractivity contribution in [2.75, 3.05) is 26.3 Å². The zero-order valence-corrected chi connectivity index (χ0v) is 11.3. The van der Waals surface area contributed by atoms with Crippen molar-refractivity contribution in [3.05, 3.63) is 20.3 Å². The molecular weight excluding hydrogens is 267 g/mol. The van der Waals surface area contributed by atoms with E-state index in [1.807, 2.05) is 6.07 Å². The predicted octanol–water partition coefficient (Wildman–Crippen LogP) is 2.95. The molecule has 1 aromatic heterocycles. The summed E-state index contributed by atoms with van der Waals surface area (Å²) >= 11 is 13.4. The van der Waals surface area contributed by atoms with Gasteiger partial charge in [0.25, 0.3) is 0 Å². The molecule has 90 valence electrons. The molecule has 3 nitrogen and oxygen atoms in total. The molecule has 0 amide bonds. The van der Waals surface area contributed by atoms with Gasteiger partial charge in [-0.2, -0.15) is 0 Å². The largest absolute Gasteiger partial charge is 0.379 e. The number of hydrogen-bond acceptors (Lipinski definition) is 4. The summed E-state index contributed by atoms with van der Waals surface area (Å²) < 4.78 is 6.78. The van der Waals surface area contributed by atoms with E-state index < -0.39 is 0 Å². The number of nitrogens with zero attached hydrogens (tertiary/aromatic N) is 1. The highest BCUT2D eigenvalue weighted by Gasteiger charge is 2.17. The van der Waals surface area contributed by atoms with Crippen LogP contribution >= 0.6 is 34.5 Å². The maximum atomic E-state index is 6.11. The normalized spacial score (nSPS) is 19.9. The summed E-state index contributed by atoms with van der Waals surface area (Å²) in [5, 5.41) is 2.16. The van der Waals surface area contributed by atoms with Crippen molar-refractivity contribution in [3.8, 4) is 0 Å². The lowest BCUT2D eigenvalue weighted by atomic mass is 10.2. The molecule has 0 saturated carbocycles. The summed E-state index contributed by atoms with van der Waals surface area (Å²) in [5.41, 5.74) is 4.46. The van der Waals surface area contributed by atoms with Gasteiger partial charge >= 0.3 is 0 Å². The Morgan fingerprint density at radius 1 is 1.44 bits per heavy atom. The third kappa shape index (κ3) is 3.09. The summed E-state index contributed by atoms with van der Waals surface area (Å²) in [6.07, 6.45) is 0. The van der Waals surface area contributed by atoms with Gasteiger partial charge in [-0.3, -0.25) is 0 Å². The van der Waals surface area contributed by atoms with Gasteiger partial charge in [-0.25, -0.2) is 10.4 Å². The monoisotopic (exact) mass is 280 g/mol. The van der Waals surface area contributed by atoms with Crippen LogP contribution in [0.25, 0.3) is 0 Å². The van der Waals surface area contributed by atoms with Crippen LogP contribution in [0.4, 0.5) is 0 Å². The average molecular weight is 281 g/mol. The quantitative estimate of drug-likeness (QED) is 0.922. The topological polar surface area (TPSA) is 24.5 Å². The second kappa shape index (κ2) is 5.67. The molecule has 2 rings (SSSR count). The van der Waals surface area contributed by atoms with Crippen LogP contribution in [-0.2, 0) is 4.74 Å².